The lowest BCUT2D eigenvalue weighted by Gasteiger charge is -2.32. The maximum atomic E-state index is 13.9. The second-order valence-corrected chi connectivity index (χ2v) is 11.6. The van der Waals surface area contributed by atoms with E-state index in [-0.39, 0.29) is 29.1 Å². The summed E-state index contributed by atoms with van der Waals surface area (Å²) in [6.45, 7) is 8.73. The Hall–Kier alpha value is -3.92. The summed E-state index contributed by atoms with van der Waals surface area (Å²) in [5.41, 5.74) is 1.74. The van der Waals surface area contributed by atoms with Gasteiger partial charge in [0, 0.05) is 12.6 Å². The second-order valence-electron chi connectivity index (χ2n) is 9.74. The lowest BCUT2D eigenvalue weighted by Crippen LogP contribution is -2.52. The number of hydrogen-bond donors (Lipinski definition) is 1. The molecule has 0 radical (unpaired) electrons. The molecule has 0 aromatic heterocycles. The van der Waals surface area contributed by atoms with Crippen LogP contribution in [0.1, 0.15) is 38.8 Å². The summed E-state index contributed by atoms with van der Waals surface area (Å²) in [6.07, 6.45) is 0. The van der Waals surface area contributed by atoms with E-state index >= 15 is 0 Å². The van der Waals surface area contributed by atoms with Crippen LogP contribution in [0.25, 0.3) is 0 Å². The molecule has 0 bridgehead atoms. The minimum Gasteiger partial charge on any atom is -0.494 e. The van der Waals surface area contributed by atoms with Crippen molar-refractivity contribution in [1.29, 1.82) is 0 Å². The van der Waals surface area contributed by atoms with Crippen LogP contribution in [0.4, 0.5) is 10.1 Å². The zero-order chi connectivity index (χ0) is 29.4. The van der Waals surface area contributed by atoms with Gasteiger partial charge < -0.3 is 15.0 Å². The van der Waals surface area contributed by atoms with Crippen molar-refractivity contribution in [3.8, 4) is 5.75 Å². The molecule has 3 aromatic rings. The van der Waals surface area contributed by atoms with Gasteiger partial charge in [0.1, 0.15) is 24.2 Å². The van der Waals surface area contributed by atoms with Crippen molar-refractivity contribution >= 4 is 27.5 Å². The predicted octanol–water partition coefficient (Wildman–Crippen LogP) is 4.67. The molecule has 0 saturated carbocycles. The van der Waals surface area contributed by atoms with Crippen LogP contribution < -0.4 is 14.4 Å². The van der Waals surface area contributed by atoms with Gasteiger partial charge in [0.25, 0.3) is 10.0 Å². The molecule has 1 atom stereocenters. The third-order valence-electron chi connectivity index (χ3n) is 6.19. The first-order chi connectivity index (χ1) is 18.9. The van der Waals surface area contributed by atoms with Crippen LogP contribution in [0.5, 0.6) is 5.75 Å². The number of hydrogen-bond acceptors (Lipinski definition) is 5. The SMILES string of the molecule is CCOc1ccc(N(CC(=O)N(Cc2ccc(F)cc2)C(C)C(=O)NC(C)C)S(=O)(=O)c2ccc(C)cc2)cc1. The van der Waals surface area contributed by atoms with Gasteiger partial charge in [-0.1, -0.05) is 29.8 Å². The highest BCUT2D eigenvalue weighted by Crippen LogP contribution is 2.27. The second kappa shape index (κ2) is 13.4. The first kappa shape index (κ1) is 30.6. The number of nitrogens with one attached hydrogen (secondary N) is 1. The molecule has 0 fully saturated rings. The molecule has 214 valence electrons. The number of aryl methyl sites for hydroxylation is 1. The minimum atomic E-state index is -4.17. The summed E-state index contributed by atoms with van der Waals surface area (Å²) >= 11 is 0. The van der Waals surface area contributed by atoms with Gasteiger partial charge in [-0.2, -0.15) is 0 Å². The summed E-state index contributed by atoms with van der Waals surface area (Å²) in [5.74, 6) is -0.861. The number of ether oxygens (including phenoxy) is 1. The van der Waals surface area contributed by atoms with Gasteiger partial charge in [0.15, 0.2) is 0 Å². The standard InChI is InChI=1S/C30H36FN3O5S/c1-6-39-27-15-13-26(14-16-27)34(40(37,38)28-17-7-22(4)8-18-28)20-29(35)33(23(5)30(36)32-21(2)3)19-24-9-11-25(31)12-10-24/h7-18,21,23H,6,19-20H2,1-5H3,(H,32,36). The number of nitrogens with zero attached hydrogens (tertiary/aromatic N) is 2. The molecule has 0 saturated heterocycles. The van der Waals surface area contributed by atoms with Crippen molar-refractivity contribution in [2.24, 2.45) is 0 Å². The van der Waals surface area contributed by atoms with Crippen molar-refractivity contribution in [3.63, 3.8) is 0 Å². The van der Waals surface area contributed by atoms with E-state index in [0.717, 1.165) is 9.87 Å². The summed E-state index contributed by atoms with van der Waals surface area (Å²) in [6, 6.07) is 17.3. The molecule has 3 rings (SSSR count). The summed E-state index contributed by atoms with van der Waals surface area (Å²) in [4.78, 5) is 28.1. The molecule has 0 aliphatic carbocycles. The van der Waals surface area contributed by atoms with E-state index in [1.165, 1.54) is 41.3 Å². The summed E-state index contributed by atoms with van der Waals surface area (Å²) in [7, 11) is -4.17. The summed E-state index contributed by atoms with van der Waals surface area (Å²) < 4.78 is 47.8. The molecule has 2 amide bonds. The molecule has 0 aliphatic rings. The molecule has 1 N–H and O–H groups in total. The van der Waals surface area contributed by atoms with E-state index in [2.05, 4.69) is 5.32 Å². The molecule has 3 aromatic carbocycles. The third-order valence-corrected chi connectivity index (χ3v) is 7.98. The quantitative estimate of drug-likeness (QED) is 0.342. The van der Waals surface area contributed by atoms with E-state index in [1.807, 2.05) is 13.8 Å². The van der Waals surface area contributed by atoms with Gasteiger partial charge in [-0.15, -0.1) is 0 Å². The number of halogens is 1. The number of anilines is 1. The zero-order valence-electron chi connectivity index (χ0n) is 23.4. The molecule has 10 heteroatoms. The largest absolute Gasteiger partial charge is 0.494 e. The number of benzene rings is 3. The molecule has 1 unspecified atom stereocenters. The first-order valence-corrected chi connectivity index (χ1v) is 14.5. The minimum absolute atomic E-state index is 0.0203. The Kier molecular flexibility index (Phi) is 10.3. The van der Waals surface area contributed by atoms with Crippen molar-refractivity contribution in [2.75, 3.05) is 17.5 Å². The Morgan fingerprint density at radius 2 is 1.52 bits per heavy atom. The molecule has 0 heterocycles. The predicted molar refractivity (Wildman–Crippen MR) is 153 cm³/mol. The maximum Gasteiger partial charge on any atom is 0.264 e. The van der Waals surface area contributed by atoms with Gasteiger partial charge in [0.2, 0.25) is 11.8 Å². The molecule has 0 aliphatic heterocycles. The normalized spacial score (nSPS) is 12.1. The van der Waals surface area contributed by atoms with E-state index in [0.29, 0.717) is 17.9 Å². The summed E-state index contributed by atoms with van der Waals surface area (Å²) in [5, 5.41) is 2.80. The number of rotatable bonds is 12. The van der Waals surface area contributed by atoms with Crippen LogP contribution in [-0.2, 0) is 26.2 Å². The number of sulfonamides is 1. The number of amides is 2. The Labute approximate surface area is 235 Å². The van der Waals surface area contributed by atoms with Crippen molar-refractivity contribution < 1.29 is 27.1 Å². The average Bonchev–Trinajstić information content (AvgIpc) is 2.91. The third kappa shape index (κ3) is 7.81. The maximum absolute atomic E-state index is 13.9. The first-order valence-electron chi connectivity index (χ1n) is 13.1. The monoisotopic (exact) mass is 569 g/mol. The average molecular weight is 570 g/mol. The molecular formula is C30H36FN3O5S. The molecule has 8 nitrogen and oxygen atoms in total. The van der Waals surface area contributed by atoms with Gasteiger partial charge in [0.05, 0.1) is 17.2 Å². The fourth-order valence-corrected chi connectivity index (χ4v) is 5.43. The van der Waals surface area contributed by atoms with Gasteiger partial charge in [-0.3, -0.25) is 13.9 Å². The fourth-order valence-electron chi connectivity index (χ4n) is 4.02. The lowest BCUT2D eigenvalue weighted by molar-refractivity contribution is -0.139. The van der Waals surface area contributed by atoms with E-state index in [4.69, 9.17) is 4.74 Å². The number of carbonyl (C=O) groups is 2. The Balaban J connectivity index is 2.02. The number of carbonyl (C=O) groups excluding carboxylic acids is 2. The topological polar surface area (TPSA) is 96.0 Å². The van der Waals surface area contributed by atoms with E-state index in [9.17, 15) is 22.4 Å². The molecular weight excluding hydrogens is 533 g/mol. The van der Waals surface area contributed by atoms with Crippen LogP contribution >= 0.6 is 0 Å². The Morgan fingerprint density at radius 1 is 0.925 bits per heavy atom. The van der Waals surface area contributed by atoms with Crippen LogP contribution in [0.3, 0.4) is 0 Å². The van der Waals surface area contributed by atoms with E-state index < -0.39 is 34.3 Å². The van der Waals surface area contributed by atoms with Crippen molar-refractivity contribution in [1.82, 2.24) is 10.2 Å². The van der Waals surface area contributed by atoms with Crippen LogP contribution in [0.15, 0.2) is 77.7 Å². The highest BCUT2D eigenvalue weighted by molar-refractivity contribution is 7.92. The smallest absolute Gasteiger partial charge is 0.264 e. The van der Waals surface area contributed by atoms with Crippen LogP contribution in [0, 0.1) is 12.7 Å². The van der Waals surface area contributed by atoms with Gasteiger partial charge >= 0.3 is 0 Å². The van der Waals surface area contributed by atoms with Gasteiger partial charge in [-0.05, 0) is 88.7 Å². The highest BCUT2D eigenvalue weighted by Gasteiger charge is 2.32. The van der Waals surface area contributed by atoms with Gasteiger partial charge in [-0.25, -0.2) is 12.8 Å². The van der Waals surface area contributed by atoms with Crippen molar-refractivity contribution in [3.05, 3.63) is 89.7 Å². The molecule has 0 spiro atoms. The van der Waals surface area contributed by atoms with Crippen LogP contribution in [-0.4, -0.2) is 50.4 Å². The fraction of sp³-hybridized carbons (Fsp3) is 0.333. The van der Waals surface area contributed by atoms with E-state index in [1.54, 1.807) is 57.2 Å². The van der Waals surface area contributed by atoms with Crippen molar-refractivity contribution in [2.45, 2.75) is 58.1 Å². The lowest BCUT2D eigenvalue weighted by atomic mass is 10.1. The van der Waals surface area contributed by atoms with Crippen LogP contribution in [0.2, 0.25) is 0 Å². The highest BCUT2D eigenvalue weighted by atomic mass is 32.2. The Bertz CT molecular complexity index is 1390. The zero-order valence-corrected chi connectivity index (χ0v) is 24.2. The molecule has 40 heavy (non-hydrogen) atoms. The Morgan fingerprint density at radius 3 is 2.08 bits per heavy atom.